The van der Waals surface area contributed by atoms with Crippen LogP contribution in [-0.4, -0.2) is 26.9 Å². The second-order valence-corrected chi connectivity index (χ2v) is 7.91. The summed E-state index contributed by atoms with van der Waals surface area (Å²) < 4.78 is 0. The van der Waals surface area contributed by atoms with Gasteiger partial charge in [0.05, 0.1) is 16.5 Å². The zero-order valence-corrected chi connectivity index (χ0v) is 16.9. The molecule has 0 radical (unpaired) electrons. The summed E-state index contributed by atoms with van der Waals surface area (Å²) in [5.41, 5.74) is 3.05. The first-order valence-electron chi connectivity index (χ1n) is 8.63. The molecule has 0 fully saturated rings. The number of ketones is 1. The summed E-state index contributed by atoms with van der Waals surface area (Å²) in [4.78, 5) is 33.3. The molecule has 1 aromatic heterocycles. The van der Waals surface area contributed by atoms with Crippen molar-refractivity contribution in [3.8, 4) is 0 Å². The highest BCUT2D eigenvalue weighted by Crippen LogP contribution is 2.29. The number of nitrogens with one attached hydrogen (secondary N) is 1. The maximum Gasteiger partial charge on any atom is 0.237 e. The molecule has 2 rings (SSSR count). The van der Waals surface area contributed by atoms with Gasteiger partial charge in [-0.3, -0.25) is 9.59 Å². The van der Waals surface area contributed by atoms with Gasteiger partial charge in [0.25, 0.3) is 0 Å². The molecule has 0 bridgehead atoms. The Hall–Kier alpha value is -2.21. The van der Waals surface area contributed by atoms with Crippen LogP contribution in [0.5, 0.6) is 0 Å². The maximum absolute atomic E-state index is 12.7. The summed E-state index contributed by atoms with van der Waals surface area (Å²) in [5, 5.41) is 3.16. The molecule has 2 aromatic rings. The number of nitrogens with zero attached hydrogens (tertiary/aromatic N) is 2. The number of thioether (sulfide) groups is 1. The molecule has 1 amide bonds. The zero-order valence-electron chi connectivity index (χ0n) is 16.1. The van der Waals surface area contributed by atoms with Gasteiger partial charge in [-0.15, -0.1) is 0 Å². The fraction of sp³-hybridized carbons (Fsp3) is 0.400. The van der Waals surface area contributed by atoms with Crippen LogP contribution < -0.4 is 5.32 Å². The van der Waals surface area contributed by atoms with E-state index >= 15 is 0 Å². The van der Waals surface area contributed by atoms with Crippen LogP contribution in [0.2, 0.25) is 0 Å². The highest BCUT2D eigenvalue weighted by molar-refractivity contribution is 8.00. The van der Waals surface area contributed by atoms with Gasteiger partial charge in [0, 0.05) is 5.69 Å². The molecule has 0 aliphatic rings. The predicted molar refractivity (Wildman–Crippen MR) is 106 cm³/mol. The third-order valence-electron chi connectivity index (χ3n) is 4.02. The molecule has 0 saturated carbocycles. The van der Waals surface area contributed by atoms with Crippen molar-refractivity contribution in [2.45, 2.75) is 57.7 Å². The molecule has 26 heavy (non-hydrogen) atoms. The van der Waals surface area contributed by atoms with Gasteiger partial charge in [-0.1, -0.05) is 43.8 Å². The number of anilines is 1. The van der Waals surface area contributed by atoms with Crippen LogP contribution >= 0.6 is 11.8 Å². The highest BCUT2D eigenvalue weighted by atomic mass is 32.2. The minimum atomic E-state index is -0.401. The average Bonchev–Trinajstić information content (AvgIpc) is 2.53. The molecule has 5 nitrogen and oxygen atoms in total. The molecule has 1 N–H and O–H groups in total. The van der Waals surface area contributed by atoms with Crippen LogP contribution in [0.3, 0.4) is 0 Å². The first kappa shape index (κ1) is 20.1. The van der Waals surface area contributed by atoms with Gasteiger partial charge in [-0.2, -0.15) is 0 Å². The van der Waals surface area contributed by atoms with Gasteiger partial charge in [0.15, 0.2) is 5.78 Å². The summed E-state index contributed by atoms with van der Waals surface area (Å²) in [5.74, 6) is 0.688. The first-order chi connectivity index (χ1) is 12.2. The molecule has 1 aromatic carbocycles. The third-order valence-corrected chi connectivity index (χ3v) is 5.11. The molecular weight excluding hydrogens is 346 g/mol. The van der Waals surface area contributed by atoms with Gasteiger partial charge in [0.2, 0.25) is 5.91 Å². The molecule has 0 aliphatic carbocycles. The van der Waals surface area contributed by atoms with Gasteiger partial charge in [-0.25, -0.2) is 9.97 Å². The molecule has 1 heterocycles. The number of carbonyl (C=O) groups is 2. The van der Waals surface area contributed by atoms with E-state index in [-0.39, 0.29) is 11.7 Å². The van der Waals surface area contributed by atoms with E-state index in [0.717, 1.165) is 11.3 Å². The quantitative estimate of drug-likeness (QED) is 0.458. The van der Waals surface area contributed by atoms with E-state index in [0.29, 0.717) is 28.0 Å². The lowest BCUT2D eigenvalue weighted by Gasteiger charge is -2.17. The number of amides is 1. The lowest BCUT2D eigenvalue weighted by Crippen LogP contribution is -2.24. The Labute approximate surface area is 159 Å². The fourth-order valence-electron chi connectivity index (χ4n) is 2.74. The second-order valence-electron chi connectivity index (χ2n) is 6.58. The number of para-hydroxylation sites is 1. The normalized spacial score (nSPS) is 12.1. The number of rotatable bonds is 6. The standard InChI is InChI=1S/C20H25N3O2S/c1-11(2)16-9-7-8-10-17(16)23-19(25)14(5)26-20-18(13(4)24)12(3)21-15(6)22-20/h7-11,14H,1-6H3,(H,23,25)/t14-/m0/s1. The number of aromatic nitrogens is 2. The van der Waals surface area contributed by atoms with E-state index in [1.807, 2.05) is 31.2 Å². The van der Waals surface area contributed by atoms with Crippen molar-refractivity contribution in [1.29, 1.82) is 0 Å². The Kier molecular flexibility index (Phi) is 6.53. The monoisotopic (exact) mass is 371 g/mol. The van der Waals surface area contributed by atoms with Crippen LogP contribution in [0.1, 0.15) is 61.1 Å². The largest absolute Gasteiger partial charge is 0.325 e. The van der Waals surface area contributed by atoms with Crippen LogP contribution in [0, 0.1) is 13.8 Å². The fourth-order valence-corrected chi connectivity index (χ4v) is 3.84. The minimum absolute atomic E-state index is 0.0947. The van der Waals surface area contributed by atoms with E-state index in [1.54, 1.807) is 13.8 Å². The maximum atomic E-state index is 12.7. The predicted octanol–water partition coefficient (Wildman–Crippen LogP) is 4.54. The summed E-state index contributed by atoms with van der Waals surface area (Å²) in [6, 6.07) is 7.80. The molecule has 0 saturated heterocycles. The van der Waals surface area contributed by atoms with Crippen LogP contribution in [0.25, 0.3) is 0 Å². The Morgan fingerprint density at radius 2 is 1.73 bits per heavy atom. The SMILES string of the molecule is CC(=O)c1c(C)nc(C)nc1S[C@@H](C)C(=O)Nc1ccccc1C(C)C. The van der Waals surface area contributed by atoms with Crippen LogP contribution in [-0.2, 0) is 4.79 Å². The number of aryl methyl sites for hydroxylation is 2. The van der Waals surface area contributed by atoms with Crippen molar-refractivity contribution in [3.63, 3.8) is 0 Å². The molecule has 6 heteroatoms. The van der Waals surface area contributed by atoms with E-state index in [1.165, 1.54) is 18.7 Å². The van der Waals surface area contributed by atoms with Gasteiger partial charge < -0.3 is 5.32 Å². The van der Waals surface area contributed by atoms with Gasteiger partial charge in [0.1, 0.15) is 10.9 Å². The van der Waals surface area contributed by atoms with Crippen molar-refractivity contribution < 1.29 is 9.59 Å². The summed E-state index contributed by atoms with van der Waals surface area (Å²) >= 11 is 1.28. The topological polar surface area (TPSA) is 72.0 Å². The van der Waals surface area contributed by atoms with Crippen molar-refractivity contribution in [1.82, 2.24) is 9.97 Å². The Morgan fingerprint density at radius 1 is 1.08 bits per heavy atom. The first-order valence-corrected chi connectivity index (χ1v) is 9.51. The van der Waals surface area contributed by atoms with Crippen LogP contribution in [0.4, 0.5) is 5.69 Å². The molecule has 0 aliphatic heterocycles. The summed E-state index contributed by atoms with van der Waals surface area (Å²) in [6.07, 6.45) is 0. The Bertz CT molecular complexity index is 834. The van der Waals surface area contributed by atoms with Crippen LogP contribution in [0.15, 0.2) is 29.3 Å². The summed E-state index contributed by atoms with van der Waals surface area (Å²) in [6.45, 7) is 11.1. The number of hydrogen-bond acceptors (Lipinski definition) is 5. The lowest BCUT2D eigenvalue weighted by atomic mass is 10.0. The molecule has 0 unspecified atom stereocenters. The minimum Gasteiger partial charge on any atom is -0.325 e. The number of Topliss-reactive ketones (excluding diaryl/α,β-unsaturated/α-hetero) is 1. The van der Waals surface area contributed by atoms with Gasteiger partial charge >= 0.3 is 0 Å². The molecule has 0 spiro atoms. The van der Waals surface area contributed by atoms with Crippen molar-refractivity contribution in [2.75, 3.05) is 5.32 Å². The van der Waals surface area contributed by atoms with E-state index in [2.05, 4.69) is 29.1 Å². The van der Waals surface area contributed by atoms with Gasteiger partial charge in [-0.05, 0) is 45.2 Å². The lowest BCUT2D eigenvalue weighted by molar-refractivity contribution is -0.115. The summed E-state index contributed by atoms with van der Waals surface area (Å²) in [7, 11) is 0. The van der Waals surface area contributed by atoms with E-state index in [4.69, 9.17) is 0 Å². The number of carbonyl (C=O) groups excluding carboxylic acids is 2. The second kappa shape index (κ2) is 8.45. The molecule has 138 valence electrons. The number of benzene rings is 1. The Balaban J connectivity index is 2.22. The van der Waals surface area contributed by atoms with E-state index < -0.39 is 5.25 Å². The van der Waals surface area contributed by atoms with Crippen molar-refractivity contribution in [2.24, 2.45) is 0 Å². The molecule has 1 atom stereocenters. The van der Waals surface area contributed by atoms with Crippen molar-refractivity contribution >= 4 is 29.1 Å². The highest BCUT2D eigenvalue weighted by Gasteiger charge is 2.22. The third kappa shape index (κ3) is 4.69. The zero-order chi connectivity index (χ0) is 19.4. The van der Waals surface area contributed by atoms with E-state index in [9.17, 15) is 9.59 Å². The number of hydrogen-bond donors (Lipinski definition) is 1. The van der Waals surface area contributed by atoms with Crippen molar-refractivity contribution in [3.05, 3.63) is 46.9 Å². The Morgan fingerprint density at radius 3 is 2.35 bits per heavy atom. The molecular formula is C20H25N3O2S. The smallest absolute Gasteiger partial charge is 0.237 e. The average molecular weight is 372 g/mol.